The minimum Gasteiger partial charge on any atom is -0.184 e. The van der Waals surface area contributed by atoms with Crippen molar-refractivity contribution in [2.75, 3.05) is 0 Å². The molecule has 6 rings (SSSR count). The summed E-state index contributed by atoms with van der Waals surface area (Å²) in [6, 6.07) is 36.0. The van der Waals surface area contributed by atoms with E-state index in [9.17, 15) is 0 Å². The molecule has 5 aromatic rings. The molecule has 0 aliphatic carbocycles. The molecule has 0 saturated heterocycles. The first-order chi connectivity index (χ1) is 17.1. The third kappa shape index (κ3) is 5.95. The van der Waals surface area contributed by atoms with Gasteiger partial charge in [-0.2, -0.15) is 35.5 Å². The summed E-state index contributed by atoms with van der Waals surface area (Å²) in [5.41, 5.74) is 9.69. The Kier molecular flexibility index (Phi) is 9.31. The molecular weight excluding hydrogens is 563 g/mol. The van der Waals surface area contributed by atoms with Crippen LogP contribution in [-0.4, -0.2) is 9.52 Å². The van der Waals surface area contributed by atoms with Crippen LogP contribution >= 0.6 is 17.0 Å². The number of rotatable bonds is 2. The molecule has 0 nitrogen and oxygen atoms in total. The SMILES string of the molecule is CCc1ccc2[cH-]c(C)cc2c1-c1ccccc1C.[Cl][Zr+2][Cl].[c-]1cccc2c1[Si]c1ccccc1-2. The maximum atomic E-state index is 4.93. The summed E-state index contributed by atoms with van der Waals surface area (Å²) in [5, 5.41) is 5.57. The Labute approximate surface area is 230 Å². The van der Waals surface area contributed by atoms with Gasteiger partial charge in [-0.15, -0.1) is 40.1 Å². The molecule has 1 aliphatic heterocycles. The number of hydrogen-bond acceptors (Lipinski definition) is 0. The zero-order valence-electron chi connectivity index (χ0n) is 20.1. The number of halogens is 2. The molecule has 0 bridgehead atoms. The summed E-state index contributed by atoms with van der Waals surface area (Å²) in [6.07, 6.45) is 1.07. The van der Waals surface area contributed by atoms with Gasteiger partial charge in [-0.3, -0.25) is 0 Å². The predicted octanol–water partition coefficient (Wildman–Crippen LogP) is 7.90. The first-order valence-corrected chi connectivity index (χ1v) is 19.0. The van der Waals surface area contributed by atoms with Gasteiger partial charge in [0.1, 0.15) is 0 Å². The van der Waals surface area contributed by atoms with Crippen LogP contribution in [-0.2, 0) is 27.3 Å². The van der Waals surface area contributed by atoms with Crippen molar-refractivity contribution in [2.24, 2.45) is 0 Å². The van der Waals surface area contributed by atoms with Crippen molar-refractivity contribution in [3.63, 3.8) is 0 Å². The fraction of sp³-hybridized carbons (Fsp3) is 0.129. The smallest absolute Gasteiger partial charge is 0.0920 e. The van der Waals surface area contributed by atoms with E-state index in [4.69, 9.17) is 17.0 Å². The van der Waals surface area contributed by atoms with E-state index in [2.05, 4.69) is 112 Å². The molecule has 0 unspecified atom stereocenters. The van der Waals surface area contributed by atoms with Gasteiger partial charge in [0.15, 0.2) is 0 Å². The first-order valence-electron chi connectivity index (χ1n) is 11.7. The van der Waals surface area contributed by atoms with Gasteiger partial charge < -0.3 is 0 Å². The molecule has 0 spiro atoms. The molecular formula is C31H26Cl2SiZr. The van der Waals surface area contributed by atoms with E-state index in [0.29, 0.717) is 0 Å². The van der Waals surface area contributed by atoms with Crippen molar-refractivity contribution in [3.05, 3.63) is 114 Å². The summed E-state index contributed by atoms with van der Waals surface area (Å²) in [4.78, 5) is 0. The summed E-state index contributed by atoms with van der Waals surface area (Å²) in [6.45, 7) is 6.61. The molecule has 0 N–H and O–H groups in total. The Morgan fingerprint density at radius 3 is 2.29 bits per heavy atom. The molecule has 172 valence electrons. The van der Waals surface area contributed by atoms with Gasteiger partial charge in [0.25, 0.3) is 0 Å². The van der Waals surface area contributed by atoms with Gasteiger partial charge in [-0.1, -0.05) is 84.3 Å². The largest absolute Gasteiger partial charge is 0.184 e. The Balaban J connectivity index is 0.000000156. The molecule has 0 saturated carbocycles. The Morgan fingerprint density at radius 2 is 1.54 bits per heavy atom. The van der Waals surface area contributed by atoms with Gasteiger partial charge >= 0.3 is 37.9 Å². The molecule has 1 heterocycles. The zero-order valence-corrected chi connectivity index (χ0v) is 25.1. The van der Waals surface area contributed by atoms with Crippen molar-refractivity contribution in [1.82, 2.24) is 0 Å². The fourth-order valence-electron chi connectivity index (χ4n) is 4.67. The van der Waals surface area contributed by atoms with Crippen molar-refractivity contribution < 1.29 is 20.8 Å². The minimum atomic E-state index is -0.826. The monoisotopic (exact) mass is 586 g/mol. The predicted molar refractivity (Wildman–Crippen MR) is 151 cm³/mol. The minimum absolute atomic E-state index is 0.795. The number of hydrogen-bond donors (Lipinski definition) is 0. The van der Waals surface area contributed by atoms with Gasteiger partial charge in [0.2, 0.25) is 0 Å². The summed E-state index contributed by atoms with van der Waals surface area (Å²) in [5.74, 6) is 0. The molecule has 5 aromatic carbocycles. The zero-order chi connectivity index (χ0) is 24.8. The summed E-state index contributed by atoms with van der Waals surface area (Å²) < 4.78 is 0. The Hall–Kier alpha value is -1.83. The van der Waals surface area contributed by atoms with Crippen molar-refractivity contribution in [3.8, 4) is 22.3 Å². The third-order valence-electron chi connectivity index (χ3n) is 6.25. The van der Waals surface area contributed by atoms with E-state index < -0.39 is 20.8 Å². The van der Waals surface area contributed by atoms with Gasteiger partial charge in [-0.25, -0.2) is 0 Å². The molecule has 35 heavy (non-hydrogen) atoms. The van der Waals surface area contributed by atoms with Crippen LogP contribution in [0.3, 0.4) is 0 Å². The topological polar surface area (TPSA) is 0 Å². The molecule has 2 radical (unpaired) electrons. The van der Waals surface area contributed by atoms with Crippen molar-refractivity contribution in [2.45, 2.75) is 27.2 Å². The first kappa shape index (κ1) is 26.2. The molecule has 4 heteroatoms. The van der Waals surface area contributed by atoms with Crippen molar-refractivity contribution >= 4 is 47.7 Å². The maximum absolute atomic E-state index is 4.93. The number of fused-ring (bicyclic) bond motifs is 4. The van der Waals surface area contributed by atoms with Gasteiger partial charge in [-0.05, 0) is 24.5 Å². The van der Waals surface area contributed by atoms with E-state index in [1.54, 1.807) is 0 Å². The second kappa shape index (κ2) is 12.4. The average molecular weight is 589 g/mol. The van der Waals surface area contributed by atoms with Crippen LogP contribution in [0, 0.1) is 19.9 Å². The summed E-state index contributed by atoms with van der Waals surface area (Å²) in [7, 11) is 10.7. The van der Waals surface area contributed by atoms with Crippen LogP contribution < -0.4 is 10.4 Å². The van der Waals surface area contributed by atoms with Crippen molar-refractivity contribution in [1.29, 1.82) is 0 Å². The second-order valence-electron chi connectivity index (χ2n) is 8.50. The quantitative estimate of drug-likeness (QED) is 0.143. The second-order valence-corrected chi connectivity index (χ2v) is 13.5. The van der Waals surface area contributed by atoms with Crippen LogP contribution in [0.1, 0.15) is 23.6 Å². The van der Waals surface area contributed by atoms with E-state index in [1.165, 1.54) is 60.1 Å². The van der Waals surface area contributed by atoms with Crippen LogP contribution in [0.25, 0.3) is 33.0 Å². The summed E-state index contributed by atoms with van der Waals surface area (Å²) >= 11 is -0.826. The van der Waals surface area contributed by atoms with Crippen LogP contribution in [0.2, 0.25) is 0 Å². The number of benzene rings is 4. The van der Waals surface area contributed by atoms with E-state index >= 15 is 0 Å². The fourth-order valence-corrected chi connectivity index (χ4v) is 5.98. The molecule has 0 amide bonds. The molecule has 0 atom stereocenters. The Bertz CT molecular complexity index is 1390. The van der Waals surface area contributed by atoms with Crippen LogP contribution in [0.4, 0.5) is 0 Å². The third-order valence-corrected chi connectivity index (χ3v) is 7.62. The van der Waals surface area contributed by atoms with E-state index in [1.807, 2.05) is 6.07 Å². The van der Waals surface area contributed by atoms with E-state index in [-0.39, 0.29) is 0 Å². The van der Waals surface area contributed by atoms with Crippen LogP contribution in [0.15, 0.2) is 91.0 Å². The Morgan fingerprint density at radius 1 is 0.857 bits per heavy atom. The van der Waals surface area contributed by atoms with E-state index in [0.717, 1.165) is 15.9 Å². The van der Waals surface area contributed by atoms with Gasteiger partial charge in [0, 0.05) is 0 Å². The maximum Gasteiger partial charge on any atom is 0.0920 e. The average Bonchev–Trinajstić information content (AvgIpc) is 3.44. The standard InChI is InChI=1S/C19H19.C12H7Si.2ClH.Zr/c1-4-15-9-10-16-11-13(2)12-18(16)19(15)17-8-6-5-7-14(17)3;1-3-7-11-9(5-1)10-6-2-4-8-12(10)13-11;;;/h5-12H,4H2,1-3H3;1-7H;2*1H;/q2*-1;;;+4/p-2. The number of aryl methyl sites for hydroxylation is 3. The normalized spacial score (nSPS) is 10.9. The molecule has 0 aromatic heterocycles. The molecule has 0 fully saturated rings. The van der Waals surface area contributed by atoms with Gasteiger partial charge in [0.05, 0.1) is 9.52 Å². The van der Waals surface area contributed by atoms with Crippen LogP contribution in [0.5, 0.6) is 0 Å². The molecule has 1 aliphatic rings.